The molecule has 1 unspecified atom stereocenters. The largest absolute Gasteiger partial charge is 0.285 e. The highest BCUT2D eigenvalue weighted by atomic mass is 127. The van der Waals surface area contributed by atoms with Gasteiger partial charge in [-0.3, -0.25) is 4.79 Å². The van der Waals surface area contributed by atoms with Crippen LogP contribution in [0.4, 0.5) is 0 Å². The van der Waals surface area contributed by atoms with Crippen LogP contribution in [0.2, 0.25) is 0 Å². The van der Waals surface area contributed by atoms with E-state index in [1.54, 1.807) is 0 Å². The first kappa shape index (κ1) is 7.88. The number of carbonyl (C=O) groups excluding carboxylic acids is 1. The van der Waals surface area contributed by atoms with Crippen LogP contribution in [-0.4, -0.2) is 8.62 Å². The highest BCUT2D eigenvalue weighted by Crippen LogP contribution is 2.09. The van der Waals surface area contributed by atoms with Crippen molar-refractivity contribution in [2.24, 2.45) is 0 Å². The summed E-state index contributed by atoms with van der Waals surface area (Å²) in [5, 5.41) is 0. The maximum absolute atomic E-state index is 10.3. The van der Waals surface area contributed by atoms with Crippen LogP contribution in [0.1, 0.15) is 13.3 Å². The highest BCUT2D eigenvalue weighted by molar-refractivity contribution is 14.1. The lowest BCUT2D eigenvalue weighted by Gasteiger charge is -1.94. The van der Waals surface area contributed by atoms with Gasteiger partial charge in [0.15, 0.2) is 0 Å². The number of carbonyl (C=O) groups is 1. The Hall–Kier alpha value is 0.880. The molecule has 0 aromatic heterocycles. The number of alkyl halides is 1. The second-order valence-electron chi connectivity index (χ2n) is 1.18. The molecule has 0 fully saturated rings. The maximum atomic E-state index is 10.3. The molecule has 0 radical (unpaired) electrons. The van der Waals surface area contributed by atoms with Crippen LogP contribution >= 0.6 is 38.5 Å². The molecule has 0 aromatic rings. The van der Waals surface area contributed by atoms with Crippen molar-refractivity contribution < 1.29 is 4.79 Å². The lowest BCUT2D eigenvalue weighted by atomic mass is 10.4. The van der Waals surface area contributed by atoms with Crippen LogP contribution in [0.5, 0.6) is 0 Å². The van der Waals surface area contributed by atoms with Crippen molar-refractivity contribution in [1.29, 1.82) is 0 Å². The number of rotatable bonds is 2. The Morgan fingerprint density at radius 3 is 2.43 bits per heavy atom. The fourth-order valence-electron chi connectivity index (χ4n) is 0.160. The van der Waals surface area contributed by atoms with Gasteiger partial charge in [-0.2, -0.15) is 0 Å². The Bertz CT molecular complexity index is 74.1. The molecule has 0 aliphatic carbocycles. The summed E-state index contributed by atoms with van der Waals surface area (Å²) in [6, 6.07) is 0. The van der Waals surface area contributed by atoms with Gasteiger partial charge in [0.2, 0.25) is 4.69 Å². The molecular weight excluding hydrogens is 271 g/mol. The lowest BCUT2D eigenvalue weighted by molar-refractivity contribution is -0.109. The zero-order chi connectivity index (χ0) is 5.86. The molecule has 0 aliphatic heterocycles. The fourth-order valence-corrected chi connectivity index (χ4v) is 0.484. The smallest absolute Gasteiger partial charge is 0.210 e. The third-order valence-electron chi connectivity index (χ3n) is 0.605. The van der Waals surface area contributed by atoms with Gasteiger partial charge in [-0.15, -0.1) is 0 Å². The predicted octanol–water partition coefficient (Wildman–Crippen LogP) is 2.12. The second kappa shape index (κ2) is 3.83. The van der Waals surface area contributed by atoms with E-state index >= 15 is 0 Å². The summed E-state index contributed by atoms with van der Waals surface area (Å²) in [5.74, 6) is 0. The van der Waals surface area contributed by atoms with Gasteiger partial charge in [0.05, 0.1) is 3.92 Å². The Morgan fingerprint density at radius 2 is 2.43 bits per heavy atom. The van der Waals surface area contributed by atoms with Gasteiger partial charge in [0, 0.05) is 0 Å². The molecule has 0 saturated carbocycles. The molecule has 0 bridgehead atoms. The zero-order valence-corrected chi connectivity index (χ0v) is 7.69. The fraction of sp³-hybridized carbons (Fsp3) is 0.750. The monoisotopic (exact) mass is 276 g/mol. The summed E-state index contributed by atoms with van der Waals surface area (Å²) in [6.45, 7) is 1.98. The first-order valence-electron chi connectivity index (χ1n) is 2.02. The average molecular weight is 277 g/mol. The van der Waals surface area contributed by atoms with Gasteiger partial charge in [-0.05, 0) is 22.4 Å². The molecule has 0 amide bonds. The molecule has 0 N–H and O–H groups in total. The minimum atomic E-state index is 0.0931. The van der Waals surface area contributed by atoms with Gasteiger partial charge in [0.1, 0.15) is 0 Å². The van der Waals surface area contributed by atoms with Crippen molar-refractivity contribution in [2.45, 2.75) is 17.3 Å². The van der Waals surface area contributed by atoms with Gasteiger partial charge < -0.3 is 0 Å². The van der Waals surface area contributed by atoms with Crippen LogP contribution in [0.3, 0.4) is 0 Å². The molecule has 42 valence electrons. The number of hydrogen-bond donors (Lipinski definition) is 0. The van der Waals surface area contributed by atoms with Crippen LogP contribution in [-0.2, 0) is 4.79 Å². The summed E-state index contributed by atoms with van der Waals surface area (Å²) in [5.41, 5.74) is 0. The van der Waals surface area contributed by atoms with Crippen molar-refractivity contribution in [3.63, 3.8) is 0 Å². The third-order valence-corrected chi connectivity index (χ3v) is 3.46. The molecule has 0 aliphatic rings. The number of halogens is 2. The van der Waals surface area contributed by atoms with Crippen molar-refractivity contribution >= 4 is 43.2 Å². The Kier molecular flexibility index (Phi) is 4.31. The normalized spacial score (nSPS) is 13.6. The zero-order valence-electron chi connectivity index (χ0n) is 3.95. The van der Waals surface area contributed by atoms with E-state index in [9.17, 15) is 4.79 Å². The average Bonchev–Trinajstić information content (AvgIpc) is 1.65. The quantitative estimate of drug-likeness (QED) is 0.429. The van der Waals surface area contributed by atoms with Crippen LogP contribution in [0.15, 0.2) is 0 Å². The summed E-state index contributed by atoms with van der Waals surface area (Å²) in [4.78, 5) is 10.3. The van der Waals surface area contributed by atoms with E-state index in [0.29, 0.717) is 0 Å². The van der Waals surface area contributed by atoms with Crippen molar-refractivity contribution in [2.75, 3.05) is 0 Å². The summed E-state index contributed by atoms with van der Waals surface area (Å²) in [7, 11) is 0. The van der Waals surface area contributed by atoms with Gasteiger partial charge in [-0.25, -0.2) is 0 Å². The summed E-state index contributed by atoms with van der Waals surface area (Å²) >= 11 is 4.95. The maximum Gasteiger partial charge on any atom is 0.210 e. The van der Waals surface area contributed by atoms with Crippen LogP contribution in [0.25, 0.3) is 0 Å². The molecule has 0 heterocycles. The SMILES string of the molecule is CCC(I)C(=O)Br. The van der Waals surface area contributed by atoms with Gasteiger partial charge >= 0.3 is 0 Å². The molecule has 0 spiro atoms. The van der Waals surface area contributed by atoms with Gasteiger partial charge in [0.25, 0.3) is 0 Å². The third kappa shape index (κ3) is 3.46. The number of hydrogen-bond acceptors (Lipinski definition) is 1. The Morgan fingerprint density at radius 1 is 2.00 bits per heavy atom. The molecular formula is C4H6BrIO. The molecule has 0 aromatic carbocycles. The van der Waals surface area contributed by atoms with Crippen molar-refractivity contribution in [1.82, 2.24) is 0 Å². The predicted molar refractivity (Wildman–Crippen MR) is 42.0 cm³/mol. The molecule has 1 atom stereocenters. The minimum absolute atomic E-state index is 0.0931. The Labute approximate surface area is 65.1 Å². The van der Waals surface area contributed by atoms with E-state index in [0.717, 1.165) is 6.42 Å². The topological polar surface area (TPSA) is 17.1 Å². The van der Waals surface area contributed by atoms with Gasteiger partial charge in [-0.1, -0.05) is 29.5 Å². The standard InChI is InChI=1S/C4H6BrIO/c1-2-3(6)4(5)7/h3H,2H2,1H3. The summed E-state index contributed by atoms with van der Waals surface area (Å²) in [6.07, 6.45) is 0.907. The lowest BCUT2D eigenvalue weighted by Crippen LogP contribution is -2.02. The molecule has 3 heteroatoms. The van der Waals surface area contributed by atoms with E-state index in [2.05, 4.69) is 38.5 Å². The van der Waals surface area contributed by atoms with E-state index in [4.69, 9.17) is 0 Å². The second-order valence-corrected chi connectivity index (χ2v) is 3.47. The minimum Gasteiger partial charge on any atom is -0.285 e. The molecule has 0 rings (SSSR count). The van der Waals surface area contributed by atoms with Crippen LogP contribution < -0.4 is 0 Å². The van der Waals surface area contributed by atoms with E-state index in [1.807, 2.05) is 6.92 Å². The van der Waals surface area contributed by atoms with E-state index in [-0.39, 0.29) is 8.62 Å². The Balaban J connectivity index is 3.34. The van der Waals surface area contributed by atoms with Crippen molar-refractivity contribution in [3.8, 4) is 0 Å². The van der Waals surface area contributed by atoms with Crippen molar-refractivity contribution in [3.05, 3.63) is 0 Å². The van der Waals surface area contributed by atoms with Crippen LogP contribution in [0, 0.1) is 0 Å². The first-order valence-corrected chi connectivity index (χ1v) is 4.05. The molecule has 0 saturated heterocycles. The highest BCUT2D eigenvalue weighted by Gasteiger charge is 2.05. The van der Waals surface area contributed by atoms with E-state index < -0.39 is 0 Å². The first-order chi connectivity index (χ1) is 3.18. The molecule has 1 nitrogen and oxygen atoms in total. The summed E-state index contributed by atoms with van der Waals surface area (Å²) < 4.78 is 0.244. The molecule has 7 heavy (non-hydrogen) atoms. The van der Waals surface area contributed by atoms with E-state index in [1.165, 1.54) is 0 Å².